The van der Waals surface area contributed by atoms with Crippen LogP contribution in [0.15, 0.2) is 42.0 Å². The maximum atomic E-state index is 12.9. The molecule has 1 aliphatic heterocycles. The van der Waals surface area contributed by atoms with Gasteiger partial charge in [-0.15, -0.1) is 0 Å². The fraction of sp³-hybridized carbons (Fsp3) is 0.591. The molecule has 6 nitrogen and oxygen atoms in total. The standard InChI is InChI=1S/C22H33NO5S/c1-5-21(24)19(4)22(28-16-20-9-7-6-8-10-20)17(2)15-18(3)29(25,26)23-11-13-27-14-12-23/h6-10,15,18-19,22H,5,11-14,16H2,1-4H3/b17-15-/t18-,19-,22-/m0/s1. The van der Waals surface area contributed by atoms with Crippen molar-refractivity contribution in [2.45, 2.75) is 52.1 Å². The van der Waals surface area contributed by atoms with Crippen LogP contribution < -0.4 is 0 Å². The molecule has 1 fully saturated rings. The summed E-state index contributed by atoms with van der Waals surface area (Å²) in [5.41, 5.74) is 1.77. The summed E-state index contributed by atoms with van der Waals surface area (Å²) in [7, 11) is -3.47. The molecule has 0 amide bonds. The summed E-state index contributed by atoms with van der Waals surface area (Å²) < 4.78 is 38.7. The summed E-state index contributed by atoms with van der Waals surface area (Å²) in [6.45, 7) is 9.14. The van der Waals surface area contributed by atoms with Crippen LogP contribution in [0.25, 0.3) is 0 Å². The summed E-state index contributed by atoms with van der Waals surface area (Å²) in [5.74, 6) is -0.252. The molecule has 7 heteroatoms. The summed E-state index contributed by atoms with van der Waals surface area (Å²) >= 11 is 0. The molecule has 1 aromatic carbocycles. The van der Waals surface area contributed by atoms with Crippen molar-refractivity contribution in [2.75, 3.05) is 26.3 Å². The summed E-state index contributed by atoms with van der Waals surface area (Å²) in [5, 5.41) is -0.702. The van der Waals surface area contributed by atoms with Crippen LogP contribution >= 0.6 is 0 Å². The smallest absolute Gasteiger partial charge is 0.220 e. The number of nitrogens with zero attached hydrogens (tertiary/aromatic N) is 1. The average molecular weight is 424 g/mol. The minimum atomic E-state index is -3.47. The van der Waals surface area contributed by atoms with Crippen molar-refractivity contribution in [1.29, 1.82) is 0 Å². The van der Waals surface area contributed by atoms with Gasteiger partial charge in [-0.3, -0.25) is 4.79 Å². The highest BCUT2D eigenvalue weighted by atomic mass is 32.2. The van der Waals surface area contributed by atoms with E-state index in [1.54, 1.807) is 13.0 Å². The third-order valence-electron chi connectivity index (χ3n) is 5.33. The predicted octanol–water partition coefficient (Wildman–Crippen LogP) is 3.18. The van der Waals surface area contributed by atoms with Crippen LogP contribution in [0.3, 0.4) is 0 Å². The van der Waals surface area contributed by atoms with Crippen molar-refractivity contribution in [3.8, 4) is 0 Å². The molecule has 1 aromatic rings. The third kappa shape index (κ3) is 6.47. The van der Waals surface area contributed by atoms with Crippen LogP contribution in [0.5, 0.6) is 0 Å². The lowest BCUT2D eigenvalue weighted by Crippen LogP contribution is -2.44. The number of benzene rings is 1. The zero-order chi connectivity index (χ0) is 21.4. The topological polar surface area (TPSA) is 72.9 Å². The van der Waals surface area contributed by atoms with Gasteiger partial charge in [0.05, 0.1) is 31.2 Å². The number of carbonyl (C=O) groups is 1. The number of rotatable bonds is 10. The average Bonchev–Trinajstić information content (AvgIpc) is 2.74. The van der Waals surface area contributed by atoms with Crippen molar-refractivity contribution < 1.29 is 22.7 Å². The molecular formula is C22H33NO5S. The van der Waals surface area contributed by atoms with Crippen molar-refractivity contribution in [2.24, 2.45) is 5.92 Å². The Balaban J connectivity index is 2.19. The molecule has 0 radical (unpaired) electrons. The van der Waals surface area contributed by atoms with Gasteiger partial charge in [-0.05, 0) is 25.0 Å². The molecule has 1 saturated heterocycles. The van der Waals surface area contributed by atoms with Gasteiger partial charge >= 0.3 is 0 Å². The fourth-order valence-electron chi connectivity index (χ4n) is 3.51. The lowest BCUT2D eigenvalue weighted by atomic mass is 9.92. The Hall–Kier alpha value is -1.54. The van der Waals surface area contributed by atoms with Gasteiger partial charge in [-0.2, -0.15) is 4.31 Å². The van der Waals surface area contributed by atoms with Crippen LogP contribution in [0, 0.1) is 5.92 Å². The Morgan fingerprint density at radius 3 is 2.41 bits per heavy atom. The van der Waals surface area contributed by atoms with Crippen molar-refractivity contribution in [3.05, 3.63) is 47.5 Å². The van der Waals surface area contributed by atoms with Gasteiger partial charge in [0.25, 0.3) is 0 Å². The lowest BCUT2D eigenvalue weighted by Gasteiger charge is -2.29. The maximum absolute atomic E-state index is 12.9. The minimum Gasteiger partial charge on any atom is -0.379 e. The van der Waals surface area contributed by atoms with Crippen LogP contribution in [0.1, 0.15) is 39.7 Å². The van der Waals surface area contributed by atoms with E-state index in [1.165, 1.54) is 4.31 Å². The second kappa shape index (κ2) is 11.0. The van der Waals surface area contributed by atoms with Gasteiger partial charge in [-0.1, -0.05) is 50.3 Å². The zero-order valence-electron chi connectivity index (χ0n) is 17.8. The first-order valence-corrected chi connectivity index (χ1v) is 11.7. The number of carbonyl (C=O) groups excluding carboxylic acids is 1. The van der Waals surface area contributed by atoms with E-state index in [4.69, 9.17) is 9.47 Å². The van der Waals surface area contributed by atoms with E-state index in [0.717, 1.165) is 11.1 Å². The Kier molecular flexibility index (Phi) is 9.02. The van der Waals surface area contributed by atoms with Crippen LogP contribution in [-0.4, -0.2) is 56.2 Å². The van der Waals surface area contributed by atoms with Crippen LogP contribution in [0.4, 0.5) is 0 Å². The van der Waals surface area contributed by atoms with E-state index in [9.17, 15) is 13.2 Å². The molecule has 0 aromatic heterocycles. The highest BCUT2D eigenvalue weighted by Crippen LogP contribution is 2.23. The van der Waals surface area contributed by atoms with Gasteiger partial charge in [0.1, 0.15) is 5.78 Å². The van der Waals surface area contributed by atoms with Gasteiger partial charge in [0, 0.05) is 25.4 Å². The number of sulfonamides is 1. The molecule has 0 saturated carbocycles. The molecule has 1 heterocycles. The quantitative estimate of drug-likeness (QED) is 0.541. The lowest BCUT2D eigenvalue weighted by molar-refractivity contribution is -0.126. The van der Waals surface area contributed by atoms with Crippen molar-refractivity contribution >= 4 is 15.8 Å². The fourth-order valence-corrected chi connectivity index (χ4v) is 5.02. The predicted molar refractivity (Wildman–Crippen MR) is 114 cm³/mol. The zero-order valence-corrected chi connectivity index (χ0v) is 18.7. The molecule has 0 spiro atoms. The van der Waals surface area contributed by atoms with E-state index in [2.05, 4.69) is 0 Å². The molecule has 0 N–H and O–H groups in total. The number of ketones is 1. The molecule has 0 bridgehead atoms. The second-order valence-corrected chi connectivity index (χ2v) is 9.79. The molecule has 3 atom stereocenters. The number of hydrogen-bond acceptors (Lipinski definition) is 5. The summed E-state index contributed by atoms with van der Waals surface area (Å²) in [6, 6.07) is 9.75. The summed E-state index contributed by atoms with van der Waals surface area (Å²) in [4.78, 5) is 12.4. The monoisotopic (exact) mass is 423 g/mol. The van der Waals surface area contributed by atoms with E-state index in [-0.39, 0.29) is 11.7 Å². The van der Waals surface area contributed by atoms with E-state index >= 15 is 0 Å². The molecule has 2 rings (SSSR count). The number of hydrogen-bond donors (Lipinski definition) is 0. The molecule has 0 aliphatic carbocycles. The Morgan fingerprint density at radius 1 is 1.21 bits per heavy atom. The van der Waals surface area contributed by atoms with E-state index in [1.807, 2.05) is 51.1 Å². The molecule has 162 valence electrons. The number of ether oxygens (including phenoxy) is 2. The van der Waals surface area contributed by atoms with E-state index in [0.29, 0.717) is 39.3 Å². The van der Waals surface area contributed by atoms with Gasteiger partial charge < -0.3 is 9.47 Å². The van der Waals surface area contributed by atoms with E-state index < -0.39 is 21.4 Å². The van der Waals surface area contributed by atoms with Gasteiger partial charge in [0.2, 0.25) is 10.0 Å². The second-order valence-electron chi connectivity index (χ2n) is 7.50. The first kappa shape index (κ1) is 23.7. The summed E-state index contributed by atoms with van der Waals surface area (Å²) in [6.07, 6.45) is 1.67. The largest absolute Gasteiger partial charge is 0.379 e. The van der Waals surface area contributed by atoms with Crippen molar-refractivity contribution in [1.82, 2.24) is 4.31 Å². The first-order valence-electron chi connectivity index (χ1n) is 10.2. The minimum absolute atomic E-state index is 0.0968. The molecule has 1 aliphatic rings. The van der Waals surface area contributed by atoms with Gasteiger partial charge in [0.15, 0.2) is 0 Å². The molecule has 0 unspecified atom stereocenters. The molecular weight excluding hydrogens is 390 g/mol. The van der Waals surface area contributed by atoms with Gasteiger partial charge in [-0.25, -0.2) is 8.42 Å². The Bertz CT molecular complexity index is 785. The number of Topliss-reactive ketones (excluding diaryl/α,β-unsaturated/α-hetero) is 1. The highest BCUT2D eigenvalue weighted by molar-refractivity contribution is 7.89. The third-order valence-corrected chi connectivity index (χ3v) is 7.49. The Labute approximate surface area is 174 Å². The number of morpholine rings is 1. The van der Waals surface area contributed by atoms with Crippen molar-refractivity contribution in [3.63, 3.8) is 0 Å². The van der Waals surface area contributed by atoms with Crippen LogP contribution in [0.2, 0.25) is 0 Å². The first-order chi connectivity index (χ1) is 13.8. The van der Waals surface area contributed by atoms with Crippen LogP contribution in [-0.2, 0) is 30.9 Å². The maximum Gasteiger partial charge on any atom is 0.220 e. The normalized spacial score (nSPS) is 19.5. The highest BCUT2D eigenvalue weighted by Gasteiger charge is 2.31. The Morgan fingerprint density at radius 2 is 1.83 bits per heavy atom. The SMILES string of the molecule is CCC(=O)[C@H](C)[C@@H](OCc1ccccc1)/C(C)=C\[C@H](C)S(=O)(=O)N1CCOCC1. The molecule has 29 heavy (non-hydrogen) atoms.